The average Bonchev–Trinajstić information content (AvgIpc) is 3.46. The molecule has 1 saturated heterocycles. The number of aliphatic hydroxyl groups excluding tert-OH is 1. The molecular formula is C25H25N3O5. The number of aliphatic hydroxyl groups is 1. The lowest BCUT2D eigenvalue weighted by Gasteiger charge is -2.26. The fraction of sp³-hybridized carbons (Fsp3) is 0.240. The van der Waals surface area contributed by atoms with E-state index in [0.717, 1.165) is 0 Å². The number of carbonyl (C=O) groups excluding carboxylic acids is 2. The van der Waals surface area contributed by atoms with E-state index in [-0.39, 0.29) is 11.3 Å². The summed E-state index contributed by atoms with van der Waals surface area (Å²) in [6, 6.07) is 13.2. The number of imidazole rings is 1. The number of aromatic nitrogens is 2. The topological polar surface area (TPSA) is 93.9 Å². The lowest BCUT2D eigenvalue weighted by molar-refractivity contribution is -0.139. The number of amides is 1. The number of likely N-dealkylation sites (tertiary alicyclic amines) is 1. The van der Waals surface area contributed by atoms with Crippen LogP contribution in [0.1, 0.15) is 23.6 Å². The zero-order valence-electron chi connectivity index (χ0n) is 18.5. The van der Waals surface area contributed by atoms with Crippen LogP contribution < -0.4 is 9.47 Å². The predicted octanol–water partition coefficient (Wildman–Crippen LogP) is 3.41. The van der Waals surface area contributed by atoms with Gasteiger partial charge in [-0.15, -0.1) is 0 Å². The van der Waals surface area contributed by atoms with Crippen LogP contribution in [-0.2, 0) is 16.1 Å². The number of nitrogens with zero attached hydrogens (tertiary/aromatic N) is 3. The lowest BCUT2D eigenvalue weighted by Crippen LogP contribution is -2.31. The van der Waals surface area contributed by atoms with Gasteiger partial charge < -0.3 is 24.0 Å². The number of hydrogen-bond acceptors (Lipinski definition) is 6. The summed E-state index contributed by atoms with van der Waals surface area (Å²) in [4.78, 5) is 31.7. The van der Waals surface area contributed by atoms with Gasteiger partial charge in [-0.25, -0.2) is 4.98 Å². The molecule has 170 valence electrons. The van der Waals surface area contributed by atoms with Crippen LogP contribution in [0.15, 0.2) is 72.8 Å². The van der Waals surface area contributed by atoms with E-state index in [0.29, 0.717) is 42.1 Å². The van der Waals surface area contributed by atoms with E-state index < -0.39 is 17.7 Å². The minimum atomic E-state index is -0.757. The predicted molar refractivity (Wildman–Crippen MR) is 122 cm³/mol. The molecular weight excluding hydrogens is 422 g/mol. The van der Waals surface area contributed by atoms with E-state index in [2.05, 4.69) is 4.98 Å². The van der Waals surface area contributed by atoms with Crippen LogP contribution in [0.5, 0.6) is 11.5 Å². The first-order valence-corrected chi connectivity index (χ1v) is 10.6. The van der Waals surface area contributed by atoms with Gasteiger partial charge in [-0.2, -0.15) is 0 Å². The molecule has 1 aliphatic rings. The molecule has 8 heteroatoms. The number of ether oxygens (including phenoxy) is 2. The van der Waals surface area contributed by atoms with Crippen LogP contribution in [0, 0.1) is 0 Å². The summed E-state index contributed by atoms with van der Waals surface area (Å²) in [5, 5.41) is 11.1. The van der Waals surface area contributed by atoms with Gasteiger partial charge in [-0.05, 0) is 24.1 Å². The Hall–Kier alpha value is -4.07. The molecule has 0 saturated carbocycles. The molecule has 0 radical (unpaired) electrons. The normalized spacial score (nSPS) is 17.4. The Kier molecular flexibility index (Phi) is 6.44. The SMILES string of the molecule is COc1ccc(C2/C(=C(/O)c3ccccc3)C(=O)C(=O)N2CCCn2ccnc2)cc1OC. The van der Waals surface area contributed by atoms with Gasteiger partial charge in [0.15, 0.2) is 11.5 Å². The monoisotopic (exact) mass is 447 g/mol. The molecule has 8 nitrogen and oxygen atoms in total. The van der Waals surface area contributed by atoms with Crippen LogP contribution in [-0.4, -0.2) is 52.0 Å². The van der Waals surface area contributed by atoms with Crippen molar-refractivity contribution < 1.29 is 24.2 Å². The number of aryl methyl sites for hydroxylation is 1. The van der Waals surface area contributed by atoms with Crippen molar-refractivity contribution in [1.29, 1.82) is 0 Å². The fourth-order valence-electron chi connectivity index (χ4n) is 4.07. The van der Waals surface area contributed by atoms with Gasteiger partial charge in [0, 0.05) is 31.0 Å². The highest BCUT2D eigenvalue weighted by Crippen LogP contribution is 2.42. The first kappa shape index (κ1) is 22.1. The molecule has 1 aliphatic heterocycles. The van der Waals surface area contributed by atoms with E-state index in [1.807, 2.05) is 16.8 Å². The molecule has 3 aromatic rings. The van der Waals surface area contributed by atoms with Crippen molar-refractivity contribution in [2.45, 2.75) is 19.0 Å². The molecule has 0 spiro atoms. The number of benzene rings is 2. The van der Waals surface area contributed by atoms with E-state index in [9.17, 15) is 14.7 Å². The van der Waals surface area contributed by atoms with E-state index in [4.69, 9.17) is 9.47 Å². The van der Waals surface area contributed by atoms with Crippen molar-refractivity contribution in [3.63, 3.8) is 0 Å². The van der Waals surface area contributed by atoms with E-state index in [1.54, 1.807) is 55.0 Å². The smallest absolute Gasteiger partial charge is 0.295 e. The zero-order valence-corrected chi connectivity index (χ0v) is 18.5. The van der Waals surface area contributed by atoms with E-state index >= 15 is 0 Å². The van der Waals surface area contributed by atoms with Crippen molar-refractivity contribution in [1.82, 2.24) is 14.5 Å². The number of rotatable bonds is 8. The zero-order chi connectivity index (χ0) is 23.4. The summed E-state index contributed by atoms with van der Waals surface area (Å²) in [5.41, 5.74) is 1.17. The number of methoxy groups -OCH3 is 2. The standard InChI is InChI=1S/C25H25N3O5/c1-32-19-10-9-18(15-20(19)33-2)22-21(23(29)17-7-4-3-5-8-17)24(30)25(31)28(22)13-6-12-27-14-11-26-16-27/h3-5,7-11,14-16,22,29H,6,12-13H2,1-2H3/b23-21-. The van der Waals surface area contributed by atoms with Crippen molar-refractivity contribution >= 4 is 17.4 Å². The number of carbonyl (C=O) groups is 2. The fourth-order valence-corrected chi connectivity index (χ4v) is 4.07. The highest BCUT2D eigenvalue weighted by atomic mass is 16.5. The van der Waals surface area contributed by atoms with Gasteiger partial charge in [0.25, 0.3) is 11.7 Å². The van der Waals surface area contributed by atoms with E-state index in [1.165, 1.54) is 19.1 Å². The average molecular weight is 447 g/mol. The Bertz CT molecular complexity index is 1170. The minimum Gasteiger partial charge on any atom is -0.507 e. The van der Waals surface area contributed by atoms with Crippen molar-refractivity contribution in [3.8, 4) is 11.5 Å². The molecule has 1 aromatic heterocycles. The van der Waals surface area contributed by atoms with Gasteiger partial charge in [0.2, 0.25) is 0 Å². The van der Waals surface area contributed by atoms with Gasteiger partial charge in [-0.3, -0.25) is 9.59 Å². The van der Waals surface area contributed by atoms with Gasteiger partial charge >= 0.3 is 0 Å². The van der Waals surface area contributed by atoms with Gasteiger partial charge in [-0.1, -0.05) is 36.4 Å². The van der Waals surface area contributed by atoms with Crippen molar-refractivity contribution in [2.24, 2.45) is 0 Å². The second-order valence-electron chi connectivity index (χ2n) is 7.63. The third-order valence-electron chi connectivity index (χ3n) is 5.69. The summed E-state index contributed by atoms with van der Waals surface area (Å²) in [7, 11) is 3.06. The Labute approximate surface area is 191 Å². The van der Waals surface area contributed by atoms with Gasteiger partial charge in [0.1, 0.15) is 5.76 Å². The van der Waals surface area contributed by atoms with Crippen molar-refractivity contribution in [2.75, 3.05) is 20.8 Å². The molecule has 1 atom stereocenters. The molecule has 1 fully saturated rings. The molecule has 0 bridgehead atoms. The Morgan fingerprint density at radius 2 is 1.79 bits per heavy atom. The second kappa shape index (κ2) is 9.60. The maximum Gasteiger partial charge on any atom is 0.295 e. The molecule has 33 heavy (non-hydrogen) atoms. The van der Waals surface area contributed by atoms with Gasteiger partial charge in [0.05, 0.1) is 32.2 Å². The molecule has 2 heterocycles. The molecule has 1 amide bonds. The van der Waals surface area contributed by atoms with Crippen molar-refractivity contribution in [3.05, 3.63) is 84.0 Å². The third-order valence-corrected chi connectivity index (χ3v) is 5.69. The summed E-state index contributed by atoms with van der Waals surface area (Å²) in [5.74, 6) is -0.553. The summed E-state index contributed by atoms with van der Waals surface area (Å²) < 4.78 is 12.7. The largest absolute Gasteiger partial charge is 0.507 e. The Balaban J connectivity index is 1.76. The Morgan fingerprint density at radius 3 is 2.45 bits per heavy atom. The maximum atomic E-state index is 13.1. The highest BCUT2D eigenvalue weighted by Gasteiger charge is 2.46. The first-order chi connectivity index (χ1) is 16.0. The number of hydrogen-bond donors (Lipinski definition) is 1. The molecule has 4 rings (SSSR count). The highest BCUT2D eigenvalue weighted by molar-refractivity contribution is 6.46. The number of ketones is 1. The minimum absolute atomic E-state index is 0.0565. The lowest BCUT2D eigenvalue weighted by atomic mass is 9.95. The summed E-state index contributed by atoms with van der Waals surface area (Å²) in [6.45, 7) is 0.966. The van der Waals surface area contributed by atoms with Crippen LogP contribution in [0.3, 0.4) is 0 Å². The first-order valence-electron chi connectivity index (χ1n) is 10.6. The quantitative estimate of drug-likeness (QED) is 0.323. The van der Waals surface area contributed by atoms with Crippen LogP contribution in [0.4, 0.5) is 0 Å². The Morgan fingerprint density at radius 1 is 1.03 bits per heavy atom. The van der Waals surface area contributed by atoms with Crippen LogP contribution in [0.25, 0.3) is 5.76 Å². The number of Topliss-reactive ketones (excluding diaryl/α,β-unsaturated/α-hetero) is 1. The molecule has 1 unspecified atom stereocenters. The van der Waals surface area contributed by atoms with Crippen LogP contribution in [0.2, 0.25) is 0 Å². The summed E-state index contributed by atoms with van der Waals surface area (Å²) >= 11 is 0. The van der Waals surface area contributed by atoms with Crippen LogP contribution >= 0.6 is 0 Å². The molecule has 1 N–H and O–H groups in total. The third kappa shape index (κ3) is 4.32. The second-order valence-corrected chi connectivity index (χ2v) is 7.63. The molecule has 0 aliphatic carbocycles. The summed E-state index contributed by atoms with van der Waals surface area (Å²) in [6.07, 6.45) is 5.85. The maximum absolute atomic E-state index is 13.1. The molecule has 2 aromatic carbocycles.